The number of nitrogens with two attached hydrogens (primary N) is 1. The topological polar surface area (TPSA) is 89.7 Å². The van der Waals surface area contributed by atoms with Gasteiger partial charge < -0.3 is 15.4 Å². The first-order valence-electron chi connectivity index (χ1n) is 5.20. The Labute approximate surface area is 93.7 Å². The van der Waals surface area contributed by atoms with Crippen LogP contribution in [0.5, 0.6) is 0 Å². The van der Waals surface area contributed by atoms with Gasteiger partial charge >= 0.3 is 11.9 Å². The van der Waals surface area contributed by atoms with Gasteiger partial charge in [-0.2, -0.15) is 0 Å². The summed E-state index contributed by atoms with van der Waals surface area (Å²) in [7, 11) is 1.18. The number of primary amides is 1. The second-order valence-electron chi connectivity index (χ2n) is 3.90. The van der Waals surface area contributed by atoms with Gasteiger partial charge in [0, 0.05) is 19.5 Å². The lowest BCUT2D eigenvalue weighted by molar-refractivity contribution is -0.158. The minimum absolute atomic E-state index is 0.221. The lowest BCUT2D eigenvalue weighted by Gasteiger charge is -2.30. The molecule has 1 aliphatic heterocycles. The number of rotatable bonds is 2. The molecule has 0 aromatic heterocycles. The van der Waals surface area contributed by atoms with E-state index >= 15 is 0 Å². The molecule has 2 N–H and O–H groups in total. The summed E-state index contributed by atoms with van der Waals surface area (Å²) < 4.78 is 4.35. The Balaban J connectivity index is 2.40. The molecule has 0 unspecified atom stereocenters. The van der Waals surface area contributed by atoms with Crippen molar-refractivity contribution in [2.45, 2.75) is 19.3 Å². The molecule has 6 heteroatoms. The van der Waals surface area contributed by atoms with E-state index in [4.69, 9.17) is 5.73 Å². The normalized spacial score (nSPS) is 16.9. The standard InChI is InChI=1S/C10H16N2O4/c1-16-10(15)9(14)12-4-2-7(3-5-12)6-8(11)13/h7H,2-6H2,1H3,(H2,11,13). The van der Waals surface area contributed by atoms with Crippen LogP contribution in [0.2, 0.25) is 0 Å². The molecule has 0 spiro atoms. The van der Waals surface area contributed by atoms with Crippen LogP contribution in [0.1, 0.15) is 19.3 Å². The molecule has 16 heavy (non-hydrogen) atoms. The SMILES string of the molecule is COC(=O)C(=O)N1CCC(CC(N)=O)CC1. The van der Waals surface area contributed by atoms with E-state index in [1.165, 1.54) is 12.0 Å². The number of piperidine rings is 1. The van der Waals surface area contributed by atoms with Gasteiger partial charge in [0.05, 0.1) is 7.11 Å². The Morgan fingerprint density at radius 1 is 1.31 bits per heavy atom. The summed E-state index contributed by atoms with van der Waals surface area (Å²) in [6, 6.07) is 0. The van der Waals surface area contributed by atoms with Crippen molar-refractivity contribution in [3.63, 3.8) is 0 Å². The number of carbonyl (C=O) groups is 3. The zero-order valence-corrected chi connectivity index (χ0v) is 9.27. The fraction of sp³-hybridized carbons (Fsp3) is 0.700. The molecule has 0 saturated carbocycles. The minimum Gasteiger partial charge on any atom is -0.462 e. The number of esters is 1. The maximum Gasteiger partial charge on any atom is 0.396 e. The van der Waals surface area contributed by atoms with Crippen LogP contribution in [-0.4, -0.2) is 42.9 Å². The lowest BCUT2D eigenvalue weighted by atomic mass is 9.93. The fourth-order valence-electron chi connectivity index (χ4n) is 1.84. The molecule has 1 heterocycles. The molecule has 0 aromatic carbocycles. The van der Waals surface area contributed by atoms with Crippen LogP contribution in [0.3, 0.4) is 0 Å². The van der Waals surface area contributed by atoms with Crippen molar-refractivity contribution in [3.05, 3.63) is 0 Å². The largest absolute Gasteiger partial charge is 0.462 e. The zero-order valence-electron chi connectivity index (χ0n) is 9.27. The summed E-state index contributed by atoms with van der Waals surface area (Å²) in [5, 5.41) is 0. The maximum atomic E-state index is 11.4. The second-order valence-corrected chi connectivity index (χ2v) is 3.90. The number of likely N-dealkylation sites (tertiary alicyclic amines) is 1. The molecular weight excluding hydrogens is 212 g/mol. The van der Waals surface area contributed by atoms with Gasteiger partial charge in [0.1, 0.15) is 0 Å². The van der Waals surface area contributed by atoms with Crippen molar-refractivity contribution in [1.82, 2.24) is 4.90 Å². The second kappa shape index (κ2) is 5.48. The summed E-state index contributed by atoms with van der Waals surface area (Å²) >= 11 is 0. The van der Waals surface area contributed by atoms with Gasteiger partial charge in [0.2, 0.25) is 5.91 Å². The summed E-state index contributed by atoms with van der Waals surface area (Å²) in [6.07, 6.45) is 1.75. The first-order valence-corrected chi connectivity index (χ1v) is 5.20. The third kappa shape index (κ3) is 3.22. The van der Waals surface area contributed by atoms with E-state index in [0.29, 0.717) is 32.4 Å². The van der Waals surface area contributed by atoms with Crippen LogP contribution in [0.4, 0.5) is 0 Å². The molecule has 0 atom stereocenters. The van der Waals surface area contributed by atoms with Crippen LogP contribution in [0.15, 0.2) is 0 Å². The quantitative estimate of drug-likeness (QED) is 0.498. The number of hydrogen-bond acceptors (Lipinski definition) is 4. The van der Waals surface area contributed by atoms with Crippen molar-refractivity contribution >= 4 is 17.8 Å². The molecule has 6 nitrogen and oxygen atoms in total. The monoisotopic (exact) mass is 228 g/mol. The van der Waals surface area contributed by atoms with E-state index in [9.17, 15) is 14.4 Å². The molecule has 2 amide bonds. The van der Waals surface area contributed by atoms with E-state index < -0.39 is 11.9 Å². The van der Waals surface area contributed by atoms with E-state index in [1.807, 2.05) is 0 Å². The van der Waals surface area contributed by atoms with Gasteiger partial charge in [-0.05, 0) is 18.8 Å². The minimum atomic E-state index is -0.839. The first-order chi connectivity index (χ1) is 7.54. The van der Waals surface area contributed by atoms with Crippen LogP contribution >= 0.6 is 0 Å². The number of amides is 2. The highest BCUT2D eigenvalue weighted by Crippen LogP contribution is 2.20. The number of carbonyl (C=O) groups excluding carboxylic acids is 3. The average molecular weight is 228 g/mol. The summed E-state index contributed by atoms with van der Waals surface area (Å²) in [5.41, 5.74) is 5.09. The van der Waals surface area contributed by atoms with Crippen LogP contribution in [0.25, 0.3) is 0 Å². The van der Waals surface area contributed by atoms with Gasteiger partial charge in [-0.25, -0.2) is 4.79 Å². The molecule has 1 aliphatic rings. The molecule has 0 radical (unpaired) electrons. The van der Waals surface area contributed by atoms with Crippen molar-refractivity contribution in [2.75, 3.05) is 20.2 Å². The van der Waals surface area contributed by atoms with Crippen LogP contribution in [0, 0.1) is 5.92 Å². The van der Waals surface area contributed by atoms with E-state index in [2.05, 4.69) is 4.74 Å². The van der Waals surface area contributed by atoms with E-state index in [-0.39, 0.29) is 11.8 Å². The molecule has 0 aliphatic carbocycles. The van der Waals surface area contributed by atoms with Gasteiger partial charge in [0.15, 0.2) is 0 Å². The average Bonchev–Trinajstić information content (AvgIpc) is 2.27. The molecule has 1 fully saturated rings. The predicted molar refractivity (Wildman–Crippen MR) is 55.1 cm³/mol. The Kier molecular flexibility index (Phi) is 4.28. The molecule has 0 aromatic rings. The predicted octanol–water partition coefficient (Wildman–Crippen LogP) is -0.727. The zero-order chi connectivity index (χ0) is 12.1. The van der Waals surface area contributed by atoms with Gasteiger partial charge in [-0.15, -0.1) is 0 Å². The molecular formula is C10H16N2O4. The highest BCUT2D eigenvalue weighted by molar-refractivity contribution is 6.32. The first kappa shape index (κ1) is 12.5. The Morgan fingerprint density at radius 2 is 1.88 bits per heavy atom. The van der Waals surface area contributed by atoms with E-state index in [1.54, 1.807) is 0 Å². The van der Waals surface area contributed by atoms with E-state index in [0.717, 1.165) is 0 Å². The lowest BCUT2D eigenvalue weighted by Crippen LogP contribution is -2.43. The Hall–Kier alpha value is -1.59. The van der Waals surface area contributed by atoms with Crippen LogP contribution in [-0.2, 0) is 19.1 Å². The molecule has 0 bridgehead atoms. The van der Waals surface area contributed by atoms with Crippen molar-refractivity contribution in [3.8, 4) is 0 Å². The number of nitrogens with zero attached hydrogens (tertiary/aromatic N) is 1. The molecule has 1 saturated heterocycles. The Morgan fingerprint density at radius 3 is 2.31 bits per heavy atom. The maximum absolute atomic E-state index is 11.4. The smallest absolute Gasteiger partial charge is 0.396 e. The molecule has 1 rings (SSSR count). The summed E-state index contributed by atoms with van der Waals surface area (Å²) in [6.45, 7) is 0.956. The van der Waals surface area contributed by atoms with Gasteiger partial charge in [0.25, 0.3) is 0 Å². The number of hydrogen-bond donors (Lipinski definition) is 1. The fourth-order valence-corrected chi connectivity index (χ4v) is 1.84. The summed E-state index contributed by atoms with van der Waals surface area (Å²) in [4.78, 5) is 34.6. The third-order valence-corrected chi connectivity index (χ3v) is 2.75. The van der Waals surface area contributed by atoms with Crippen molar-refractivity contribution in [2.24, 2.45) is 11.7 Å². The van der Waals surface area contributed by atoms with Crippen molar-refractivity contribution < 1.29 is 19.1 Å². The highest BCUT2D eigenvalue weighted by Gasteiger charge is 2.27. The number of methoxy groups -OCH3 is 1. The third-order valence-electron chi connectivity index (χ3n) is 2.75. The van der Waals surface area contributed by atoms with Crippen LogP contribution < -0.4 is 5.73 Å². The Bertz CT molecular complexity index is 295. The molecule has 90 valence electrons. The van der Waals surface area contributed by atoms with Crippen molar-refractivity contribution in [1.29, 1.82) is 0 Å². The number of ether oxygens (including phenoxy) is 1. The highest BCUT2D eigenvalue weighted by atomic mass is 16.5. The summed E-state index contributed by atoms with van der Waals surface area (Å²) in [5.74, 6) is -1.55. The van der Waals surface area contributed by atoms with Gasteiger partial charge in [-0.1, -0.05) is 0 Å². The van der Waals surface area contributed by atoms with Gasteiger partial charge in [-0.3, -0.25) is 9.59 Å².